The standard InChI is InChI=1S/C20H33FN4O2.HI/c1-22-20(23-8-4-9-26-14-17-7-10-27-15-17)24-12-16-5-6-19(21)18(11-16)13-25(2)3;/h5-6,11,17H,4,7-10,12-15H2,1-3H3,(H2,22,23,24);1H. The van der Waals surface area contributed by atoms with Crippen molar-refractivity contribution >= 4 is 29.9 Å². The van der Waals surface area contributed by atoms with E-state index in [9.17, 15) is 4.39 Å². The first-order valence-electron chi connectivity index (χ1n) is 9.60. The van der Waals surface area contributed by atoms with Crippen LogP contribution in [0.5, 0.6) is 0 Å². The van der Waals surface area contributed by atoms with Gasteiger partial charge in [0.05, 0.1) is 13.2 Å². The number of rotatable bonds is 10. The molecule has 160 valence electrons. The van der Waals surface area contributed by atoms with Crippen molar-refractivity contribution in [3.8, 4) is 0 Å². The average molecular weight is 508 g/mol. The summed E-state index contributed by atoms with van der Waals surface area (Å²) in [6.45, 7) is 5.17. The highest BCUT2D eigenvalue weighted by Gasteiger charge is 2.15. The Hall–Kier alpha value is -0.970. The van der Waals surface area contributed by atoms with Gasteiger partial charge in [0, 0.05) is 51.4 Å². The zero-order chi connectivity index (χ0) is 19.5. The summed E-state index contributed by atoms with van der Waals surface area (Å²) < 4.78 is 24.9. The van der Waals surface area contributed by atoms with Crippen LogP contribution in [-0.2, 0) is 22.6 Å². The Balaban J connectivity index is 0.00000392. The number of benzene rings is 1. The van der Waals surface area contributed by atoms with Crippen LogP contribution >= 0.6 is 24.0 Å². The zero-order valence-corrected chi connectivity index (χ0v) is 19.5. The lowest BCUT2D eigenvalue weighted by molar-refractivity contribution is 0.0888. The van der Waals surface area contributed by atoms with Crippen LogP contribution in [0.4, 0.5) is 4.39 Å². The van der Waals surface area contributed by atoms with Gasteiger partial charge in [0.25, 0.3) is 0 Å². The summed E-state index contributed by atoms with van der Waals surface area (Å²) in [5, 5.41) is 6.55. The molecule has 0 aliphatic carbocycles. The van der Waals surface area contributed by atoms with Crippen LogP contribution in [0, 0.1) is 11.7 Å². The van der Waals surface area contributed by atoms with Gasteiger partial charge in [0.1, 0.15) is 5.82 Å². The van der Waals surface area contributed by atoms with Crippen molar-refractivity contribution in [2.45, 2.75) is 25.9 Å². The monoisotopic (exact) mass is 508 g/mol. The molecule has 1 fully saturated rings. The second kappa shape index (κ2) is 14.1. The number of halogens is 2. The van der Waals surface area contributed by atoms with Gasteiger partial charge in [-0.05, 0) is 44.6 Å². The second-order valence-electron chi connectivity index (χ2n) is 7.17. The van der Waals surface area contributed by atoms with Crippen molar-refractivity contribution in [3.63, 3.8) is 0 Å². The largest absolute Gasteiger partial charge is 0.381 e. The van der Waals surface area contributed by atoms with Gasteiger partial charge in [0.15, 0.2) is 5.96 Å². The van der Waals surface area contributed by atoms with Gasteiger partial charge >= 0.3 is 0 Å². The highest BCUT2D eigenvalue weighted by Crippen LogP contribution is 2.13. The minimum absolute atomic E-state index is 0. The van der Waals surface area contributed by atoms with E-state index >= 15 is 0 Å². The Morgan fingerprint density at radius 2 is 2.18 bits per heavy atom. The molecule has 1 unspecified atom stereocenters. The fourth-order valence-electron chi connectivity index (χ4n) is 2.95. The number of nitrogens with one attached hydrogen (secondary N) is 2. The topological polar surface area (TPSA) is 58.1 Å². The zero-order valence-electron chi connectivity index (χ0n) is 17.2. The molecular formula is C20H34FIN4O2. The molecule has 1 atom stereocenters. The van der Waals surface area contributed by atoms with Gasteiger partial charge in [-0.3, -0.25) is 4.99 Å². The summed E-state index contributed by atoms with van der Waals surface area (Å²) in [4.78, 5) is 6.18. The molecule has 0 saturated carbocycles. The maximum absolute atomic E-state index is 13.9. The van der Waals surface area contributed by atoms with E-state index in [1.165, 1.54) is 6.07 Å². The smallest absolute Gasteiger partial charge is 0.191 e. The summed E-state index contributed by atoms with van der Waals surface area (Å²) in [5.74, 6) is 1.12. The number of hydrogen-bond acceptors (Lipinski definition) is 4. The number of aliphatic imine (C=N–C) groups is 1. The fraction of sp³-hybridized carbons (Fsp3) is 0.650. The minimum atomic E-state index is -0.167. The molecule has 28 heavy (non-hydrogen) atoms. The van der Waals surface area contributed by atoms with E-state index < -0.39 is 0 Å². The number of nitrogens with zero attached hydrogens (tertiary/aromatic N) is 2. The lowest BCUT2D eigenvalue weighted by Gasteiger charge is -2.14. The van der Waals surface area contributed by atoms with Crippen molar-refractivity contribution in [2.24, 2.45) is 10.9 Å². The summed E-state index contributed by atoms with van der Waals surface area (Å²) in [6.07, 6.45) is 2.02. The Labute approximate surface area is 185 Å². The second-order valence-corrected chi connectivity index (χ2v) is 7.17. The highest BCUT2D eigenvalue weighted by atomic mass is 127. The predicted molar refractivity (Wildman–Crippen MR) is 122 cm³/mol. The maximum Gasteiger partial charge on any atom is 0.191 e. The summed E-state index contributed by atoms with van der Waals surface area (Å²) in [6, 6.07) is 5.23. The van der Waals surface area contributed by atoms with Crippen LogP contribution in [0.2, 0.25) is 0 Å². The molecule has 0 radical (unpaired) electrons. The average Bonchev–Trinajstić information content (AvgIpc) is 3.16. The van der Waals surface area contributed by atoms with Gasteiger partial charge in [-0.25, -0.2) is 4.39 Å². The summed E-state index contributed by atoms with van der Waals surface area (Å²) in [7, 11) is 5.61. The third-order valence-electron chi connectivity index (χ3n) is 4.42. The van der Waals surface area contributed by atoms with Gasteiger partial charge in [-0.15, -0.1) is 24.0 Å². The molecule has 1 aliphatic rings. The lowest BCUT2D eigenvalue weighted by Crippen LogP contribution is -2.37. The lowest BCUT2D eigenvalue weighted by atomic mass is 10.1. The highest BCUT2D eigenvalue weighted by molar-refractivity contribution is 14.0. The molecule has 6 nitrogen and oxygen atoms in total. The third-order valence-corrected chi connectivity index (χ3v) is 4.42. The molecule has 1 aliphatic heterocycles. The van der Waals surface area contributed by atoms with Crippen molar-refractivity contribution < 1.29 is 13.9 Å². The normalized spacial score (nSPS) is 16.9. The van der Waals surface area contributed by atoms with E-state index in [1.807, 2.05) is 25.1 Å². The van der Waals surface area contributed by atoms with Crippen LogP contribution in [-0.4, -0.2) is 65.0 Å². The first kappa shape index (κ1) is 25.1. The van der Waals surface area contributed by atoms with E-state index in [2.05, 4.69) is 15.6 Å². The van der Waals surface area contributed by atoms with E-state index in [-0.39, 0.29) is 29.8 Å². The van der Waals surface area contributed by atoms with Gasteiger partial charge < -0.3 is 25.0 Å². The van der Waals surface area contributed by atoms with Crippen molar-refractivity contribution in [2.75, 3.05) is 54.1 Å². The molecule has 0 aromatic heterocycles. The number of guanidine groups is 1. The molecule has 2 N–H and O–H groups in total. The quantitative estimate of drug-likeness (QED) is 0.220. The van der Waals surface area contributed by atoms with Gasteiger partial charge in [-0.1, -0.05) is 6.07 Å². The Bertz CT molecular complexity index is 596. The van der Waals surface area contributed by atoms with Crippen molar-refractivity contribution in [1.29, 1.82) is 0 Å². The Morgan fingerprint density at radius 1 is 1.36 bits per heavy atom. The van der Waals surface area contributed by atoms with E-state index in [0.29, 0.717) is 24.6 Å². The first-order valence-corrected chi connectivity index (χ1v) is 9.60. The molecule has 2 rings (SSSR count). The van der Waals surface area contributed by atoms with Crippen LogP contribution in [0.3, 0.4) is 0 Å². The number of ether oxygens (including phenoxy) is 2. The van der Waals surface area contributed by atoms with Crippen LogP contribution in [0.1, 0.15) is 24.0 Å². The fourth-order valence-corrected chi connectivity index (χ4v) is 2.95. The molecule has 1 aromatic carbocycles. The minimum Gasteiger partial charge on any atom is -0.381 e. The summed E-state index contributed by atoms with van der Waals surface area (Å²) >= 11 is 0. The molecular weight excluding hydrogens is 474 g/mol. The van der Waals surface area contributed by atoms with Crippen LogP contribution in [0.15, 0.2) is 23.2 Å². The van der Waals surface area contributed by atoms with E-state index in [0.717, 1.165) is 57.3 Å². The molecule has 0 bridgehead atoms. The Kier molecular flexibility index (Phi) is 12.6. The van der Waals surface area contributed by atoms with Crippen LogP contribution < -0.4 is 10.6 Å². The molecule has 1 saturated heterocycles. The van der Waals surface area contributed by atoms with Crippen molar-refractivity contribution in [1.82, 2.24) is 15.5 Å². The van der Waals surface area contributed by atoms with Crippen LogP contribution in [0.25, 0.3) is 0 Å². The van der Waals surface area contributed by atoms with Crippen molar-refractivity contribution in [3.05, 3.63) is 35.1 Å². The van der Waals surface area contributed by atoms with E-state index in [1.54, 1.807) is 13.1 Å². The molecule has 0 spiro atoms. The SMILES string of the molecule is CN=C(NCCCOCC1CCOC1)NCc1ccc(F)c(CN(C)C)c1.I. The first-order chi connectivity index (χ1) is 13.1. The number of hydrogen-bond donors (Lipinski definition) is 2. The summed E-state index contributed by atoms with van der Waals surface area (Å²) in [5.41, 5.74) is 1.73. The van der Waals surface area contributed by atoms with Gasteiger partial charge in [-0.2, -0.15) is 0 Å². The molecule has 1 aromatic rings. The maximum atomic E-state index is 13.9. The predicted octanol–water partition coefficient (Wildman–Crippen LogP) is 2.61. The molecule has 1 heterocycles. The third kappa shape index (κ3) is 9.49. The molecule has 0 amide bonds. The Morgan fingerprint density at radius 3 is 2.86 bits per heavy atom. The van der Waals surface area contributed by atoms with Gasteiger partial charge in [0.2, 0.25) is 0 Å². The molecule has 8 heteroatoms. The van der Waals surface area contributed by atoms with E-state index in [4.69, 9.17) is 9.47 Å².